The Morgan fingerprint density at radius 2 is 1.14 bits per heavy atom. The van der Waals surface area contributed by atoms with Crippen LogP contribution in [-0.2, 0) is 0 Å². The van der Waals surface area contributed by atoms with Crippen molar-refractivity contribution >= 4 is 32.7 Å². The first-order valence-electron chi connectivity index (χ1n) is 14.2. The molecule has 2 heterocycles. The number of aromatic nitrogens is 3. The number of pyridine rings is 1. The molecular formula is C39H24N4. The van der Waals surface area contributed by atoms with Gasteiger partial charge in [-0.15, -0.1) is 0 Å². The fourth-order valence-corrected chi connectivity index (χ4v) is 5.97. The largest absolute Gasteiger partial charge is 0.292 e. The van der Waals surface area contributed by atoms with Gasteiger partial charge in [-0.3, -0.25) is 4.57 Å². The van der Waals surface area contributed by atoms with E-state index in [4.69, 9.17) is 9.97 Å². The summed E-state index contributed by atoms with van der Waals surface area (Å²) in [5.41, 5.74) is 9.76. The summed E-state index contributed by atoms with van der Waals surface area (Å²) < 4.78 is 2.25. The molecule has 0 radical (unpaired) electrons. The van der Waals surface area contributed by atoms with E-state index in [-0.39, 0.29) is 0 Å². The second kappa shape index (κ2) is 10.1. The van der Waals surface area contributed by atoms with Gasteiger partial charge < -0.3 is 0 Å². The highest BCUT2D eigenvalue weighted by Crippen LogP contribution is 2.40. The van der Waals surface area contributed by atoms with E-state index in [1.807, 2.05) is 42.5 Å². The van der Waals surface area contributed by atoms with E-state index in [1.54, 1.807) is 0 Å². The number of hydrogen-bond donors (Lipinski definition) is 0. The molecule has 8 aromatic rings. The molecule has 4 heteroatoms. The van der Waals surface area contributed by atoms with Crippen molar-refractivity contribution in [3.8, 4) is 45.5 Å². The highest BCUT2D eigenvalue weighted by molar-refractivity contribution is 6.20. The number of rotatable bonds is 4. The fourth-order valence-electron chi connectivity index (χ4n) is 5.97. The van der Waals surface area contributed by atoms with E-state index in [2.05, 4.69) is 114 Å². The third kappa shape index (κ3) is 4.15. The molecule has 2 aromatic heterocycles. The lowest BCUT2D eigenvalue weighted by Crippen LogP contribution is -1.97. The van der Waals surface area contributed by atoms with Gasteiger partial charge in [-0.05, 0) is 52.9 Å². The van der Waals surface area contributed by atoms with Crippen LogP contribution in [0, 0.1) is 11.3 Å². The van der Waals surface area contributed by atoms with Gasteiger partial charge in [0.25, 0.3) is 0 Å². The molecule has 0 bridgehead atoms. The lowest BCUT2D eigenvalue weighted by Gasteiger charge is -2.12. The predicted molar refractivity (Wildman–Crippen MR) is 175 cm³/mol. The molecule has 4 nitrogen and oxygen atoms in total. The Morgan fingerprint density at radius 3 is 1.86 bits per heavy atom. The first kappa shape index (κ1) is 24.7. The van der Waals surface area contributed by atoms with Crippen molar-refractivity contribution in [2.75, 3.05) is 0 Å². The molecule has 0 aliphatic rings. The van der Waals surface area contributed by atoms with Crippen LogP contribution in [0.25, 0.3) is 72.2 Å². The van der Waals surface area contributed by atoms with Gasteiger partial charge in [0.1, 0.15) is 5.82 Å². The number of imidazole rings is 1. The first-order valence-corrected chi connectivity index (χ1v) is 14.2. The van der Waals surface area contributed by atoms with E-state index in [0.29, 0.717) is 5.56 Å². The van der Waals surface area contributed by atoms with Crippen LogP contribution in [0.1, 0.15) is 5.56 Å². The summed E-state index contributed by atoms with van der Waals surface area (Å²) >= 11 is 0. The molecule has 0 aliphatic carbocycles. The fraction of sp³-hybridized carbons (Fsp3) is 0. The van der Waals surface area contributed by atoms with Crippen molar-refractivity contribution in [1.82, 2.24) is 14.5 Å². The second-order valence-electron chi connectivity index (χ2n) is 10.6. The molecule has 8 rings (SSSR count). The Bertz CT molecular complexity index is 2310. The summed E-state index contributed by atoms with van der Waals surface area (Å²) in [6.45, 7) is 0. The minimum Gasteiger partial charge on any atom is -0.292 e. The molecular weight excluding hydrogens is 524 g/mol. The molecule has 0 saturated carbocycles. The topological polar surface area (TPSA) is 54.5 Å². The summed E-state index contributed by atoms with van der Waals surface area (Å²) in [7, 11) is 0. The van der Waals surface area contributed by atoms with Gasteiger partial charge in [0.15, 0.2) is 0 Å². The summed E-state index contributed by atoms with van der Waals surface area (Å²) in [6.07, 6.45) is 0. The number of nitriles is 1. The van der Waals surface area contributed by atoms with Crippen LogP contribution in [0.15, 0.2) is 146 Å². The third-order valence-corrected chi connectivity index (χ3v) is 8.04. The maximum absolute atomic E-state index is 9.18. The molecule has 0 fully saturated rings. The van der Waals surface area contributed by atoms with Crippen molar-refractivity contribution in [3.63, 3.8) is 0 Å². The van der Waals surface area contributed by atoms with Crippen LogP contribution in [0.3, 0.4) is 0 Å². The monoisotopic (exact) mass is 548 g/mol. The van der Waals surface area contributed by atoms with Gasteiger partial charge in [0.2, 0.25) is 0 Å². The molecule has 0 aliphatic heterocycles. The second-order valence-corrected chi connectivity index (χ2v) is 10.6. The summed E-state index contributed by atoms with van der Waals surface area (Å²) in [5.74, 6) is 0.893. The van der Waals surface area contributed by atoms with Gasteiger partial charge in [-0.25, -0.2) is 9.97 Å². The summed E-state index contributed by atoms with van der Waals surface area (Å²) in [5, 5.41) is 12.5. The van der Waals surface area contributed by atoms with Crippen LogP contribution < -0.4 is 0 Å². The minimum atomic E-state index is 0.654. The van der Waals surface area contributed by atoms with Crippen LogP contribution in [0.5, 0.6) is 0 Å². The quantitative estimate of drug-likeness (QED) is 0.206. The maximum atomic E-state index is 9.18. The van der Waals surface area contributed by atoms with Gasteiger partial charge >= 0.3 is 0 Å². The zero-order chi connectivity index (χ0) is 28.8. The SMILES string of the molecule is N#Cc1ccc(-c2ccc(-c3nc4ccccc4c4ccc5c(nc(-c6ccccc6)n5-c5ccccc5)c34)cc2)cc1. The molecule has 0 atom stereocenters. The summed E-state index contributed by atoms with van der Waals surface area (Å²) in [4.78, 5) is 10.6. The zero-order valence-corrected chi connectivity index (χ0v) is 23.1. The van der Waals surface area contributed by atoms with Gasteiger partial charge in [-0.1, -0.05) is 109 Å². The van der Waals surface area contributed by atoms with Gasteiger partial charge in [-0.2, -0.15) is 5.26 Å². The average molecular weight is 549 g/mol. The number of nitrogens with zero attached hydrogens (tertiary/aromatic N) is 4. The molecule has 0 amide bonds. The van der Waals surface area contributed by atoms with Crippen LogP contribution >= 0.6 is 0 Å². The Kier molecular flexibility index (Phi) is 5.80. The van der Waals surface area contributed by atoms with E-state index < -0.39 is 0 Å². The van der Waals surface area contributed by atoms with Crippen molar-refractivity contribution in [2.24, 2.45) is 0 Å². The Balaban J connectivity index is 1.42. The van der Waals surface area contributed by atoms with Crippen LogP contribution in [0.4, 0.5) is 0 Å². The molecule has 0 saturated heterocycles. The van der Waals surface area contributed by atoms with E-state index in [0.717, 1.165) is 72.2 Å². The van der Waals surface area contributed by atoms with Crippen LogP contribution in [-0.4, -0.2) is 14.5 Å². The van der Waals surface area contributed by atoms with E-state index >= 15 is 0 Å². The Labute approximate surface area is 248 Å². The number of benzene rings is 6. The van der Waals surface area contributed by atoms with Crippen molar-refractivity contribution in [2.45, 2.75) is 0 Å². The first-order chi connectivity index (χ1) is 21.3. The zero-order valence-electron chi connectivity index (χ0n) is 23.1. The van der Waals surface area contributed by atoms with Gasteiger partial charge in [0, 0.05) is 27.6 Å². The molecule has 0 spiro atoms. The average Bonchev–Trinajstić information content (AvgIpc) is 3.49. The van der Waals surface area contributed by atoms with Crippen molar-refractivity contribution < 1.29 is 0 Å². The number of hydrogen-bond acceptors (Lipinski definition) is 3. The molecule has 6 aromatic carbocycles. The van der Waals surface area contributed by atoms with Crippen molar-refractivity contribution in [3.05, 3.63) is 151 Å². The Morgan fingerprint density at radius 1 is 0.512 bits per heavy atom. The van der Waals surface area contributed by atoms with Gasteiger partial charge in [0.05, 0.1) is 33.9 Å². The summed E-state index contributed by atoms with van der Waals surface area (Å²) in [6, 6.07) is 51.9. The van der Waals surface area contributed by atoms with E-state index in [1.165, 1.54) is 0 Å². The lowest BCUT2D eigenvalue weighted by atomic mass is 9.97. The Hall–Kier alpha value is -6.05. The number of fused-ring (bicyclic) bond motifs is 5. The predicted octanol–water partition coefficient (Wildman–Crippen LogP) is 9.60. The molecule has 0 N–H and O–H groups in total. The minimum absolute atomic E-state index is 0.654. The lowest BCUT2D eigenvalue weighted by molar-refractivity contribution is 1.10. The smallest absolute Gasteiger partial charge is 0.145 e. The standard InChI is InChI=1S/C39H24N4/c40-25-26-15-17-27(18-16-26)28-19-21-29(22-20-28)37-36-33(32-13-7-8-14-34(32)41-37)23-24-35-38(36)42-39(30-9-3-1-4-10-30)43(35)31-11-5-2-6-12-31/h1-24H. The highest BCUT2D eigenvalue weighted by Gasteiger charge is 2.20. The highest BCUT2D eigenvalue weighted by atomic mass is 15.1. The maximum Gasteiger partial charge on any atom is 0.145 e. The molecule has 43 heavy (non-hydrogen) atoms. The molecule has 0 unspecified atom stereocenters. The van der Waals surface area contributed by atoms with Crippen molar-refractivity contribution in [1.29, 1.82) is 5.26 Å². The van der Waals surface area contributed by atoms with E-state index in [9.17, 15) is 5.26 Å². The molecule has 200 valence electrons. The normalized spacial score (nSPS) is 11.2. The third-order valence-electron chi connectivity index (χ3n) is 8.04. The number of para-hydroxylation sites is 2. The van der Waals surface area contributed by atoms with Crippen LogP contribution in [0.2, 0.25) is 0 Å².